The van der Waals surface area contributed by atoms with Crippen LogP contribution in [0.1, 0.15) is 41.6 Å². The number of piperazine rings is 1. The normalized spacial score (nSPS) is 18.0. The Morgan fingerprint density at radius 2 is 1.85 bits per heavy atom. The summed E-state index contributed by atoms with van der Waals surface area (Å²) in [5, 5.41) is 3.48. The lowest BCUT2D eigenvalue weighted by atomic mass is 10.1. The monoisotopic (exact) mass is 364 g/mol. The van der Waals surface area contributed by atoms with E-state index in [2.05, 4.69) is 46.4 Å². The van der Waals surface area contributed by atoms with Crippen molar-refractivity contribution in [3.63, 3.8) is 0 Å². The molecule has 1 N–H and O–H groups in total. The first kappa shape index (κ1) is 17.8. The minimum absolute atomic E-state index is 0.107. The zero-order valence-corrected chi connectivity index (χ0v) is 16.0. The highest BCUT2D eigenvalue weighted by molar-refractivity contribution is 5.95. The van der Waals surface area contributed by atoms with Gasteiger partial charge in [0.15, 0.2) is 0 Å². The van der Waals surface area contributed by atoms with Gasteiger partial charge in [-0.25, -0.2) is 4.98 Å². The number of benzene rings is 1. The second-order valence-electron chi connectivity index (χ2n) is 7.67. The third kappa shape index (κ3) is 4.24. The number of hydrogen-bond acceptors (Lipinski definition) is 4. The molecule has 1 aliphatic heterocycles. The quantitative estimate of drug-likeness (QED) is 0.899. The zero-order chi connectivity index (χ0) is 18.6. The average molecular weight is 364 g/mol. The molecule has 5 heteroatoms. The molecule has 0 atom stereocenters. The van der Waals surface area contributed by atoms with Crippen LogP contribution < -0.4 is 10.2 Å². The van der Waals surface area contributed by atoms with E-state index in [0.29, 0.717) is 6.04 Å². The highest BCUT2D eigenvalue weighted by Crippen LogP contribution is 2.22. The fourth-order valence-corrected chi connectivity index (χ4v) is 4.10. The van der Waals surface area contributed by atoms with Gasteiger partial charge in [0, 0.05) is 49.7 Å². The van der Waals surface area contributed by atoms with Crippen molar-refractivity contribution in [2.24, 2.45) is 0 Å². The fraction of sp³-hybridized carbons (Fsp3) is 0.455. The molecule has 1 amide bonds. The average Bonchev–Trinajstić information content (AvgIpc) is 3.21. The number of aryl methyl sites for hydroxylation is 1. The summed E-state index contributed by atoms with van der Waals surface area (Å²) in [7, 11) is 0. The smallest absolute Gasteiger partial charge is 0.254 e. The Bertz CT molecular complexity index is 792. The van der Waals surface area contributed by atoms with E-state index in [1.165, 1.54) is 36.9 Å². The number of anilines is 2. The van der Waals surface area contributed by atoms with E-state index < -0.39 is 0 Å². The van der Waals surface area contributed by atoms with Gasteiger partial charge in [0.05, 0.1) is 0 Å². The molecule has 1 saturated carbocycles. The summed E-state index contributed by atoms with van der Waals surface area (Å²) < 4.78 is 0. The molecule has 142 valence electrons. The molecule has 2 heterocycles. The summed E-state index contributed by atoms with van der Waals surface area (Å²) in [6.07, 6.45) is 6.69. The Hall–Kier alpha value is -2.56. The van der Waals surface area contributed by atoms with E-state index in [-0.39, 0.29) is 5.91 Å². The molecular weight excluding hydrogens is 336 g/mol. The van der Waals surface area contributed by atoms with E-state index >= 15 is 0 Å². The predicted octanol–water partition coefficient (Wildman–Crippen LogP) is 3.71. The maximum atomic E-state index is 12.9. The van der Waals surface area contributed by atoms with Gasteiger partial charge >= 0.3 is 0 Å². The summed E-state index contributed by atoms with van der Waals surface area (Å²) in [5.74, 6) is 0.932. The largest absolute Gasteiger partial charge is 0.368 e. The van der Waals surface area contributed by atoms with Crippen molar-refractivity contribution in [1.82, 2.24) is 9.88 Å². The molecule has 5 nitrogen and oxygen atoms in total. The van der Waals surface area contributed by atoms with Crippen LogP contribution in [0.15, 0.2) is 42.6 Å². The van der Waals surface area contributed by atoms with Crippen LogP contribution in [0.3, 0.4) is 0 Å². The highest BCUT2D eigenvalue weighted by Gasteiger charge is 2.23. The molecular formula is C22H28N4O. The van der Waals surface area contributed by atoms with Gasteiger partial charge in [0.2, 0.25) is 0 Å². The van der Waals surface area contributed by atoms with E-state index in [4.69, 9.17) is 0 Å². The lowest BCUT2D eigenvalue weighted by molar-refractivity contribution is 0.0746. The minimum atomic E-state index is 0.107. The Labute approximate surface area is 161 Å². The van der Waals surface area contributed by atoms with E-state index in [0.717, 1.165) is 37.6 Å². The zero-order valence-electron chi connectivity index (χ0n) is 16.0. The Morgan fingerprint density at radius 1 is 1.07 bits per heavy atom. The van der Waals surface area contributed by atoms with Gasteiger partial charge in [-0.3, -0.25) is 4.79 Å². The minimum Gasteiger partial charge on any atom is -0.368 e. The molecule has 0 spiro atoms. The fourth-order valence-electron chi connectivity index (χ4n) is 4.10. The number of hydrogen-bond donors (Lipinski definition) is 1. The first-order chi connectivity index (χ1) is 13.2. The molecule has 2 fully saturated rings. The van der Waals surface area contributed by atoms with Crippen molar-refractivity contribution in [3.8, 4) is 0 Å². The van der Waals surface area contributed by atoms with Crippen LogP contribution in [-0.2, 0) is 0 Å². The van der Waals surface area contributed by atoms with Crippen molar-refractivity contribution in [2.45, 2.75) is 38.6 Å². The highest BCUT2D eigenvalue weighted by atomic mass is 16.2. The van der Waals surface area contributed by atoms with Gasteiger partial charge < -0.3 is 15.1 Å². The summed E-state index contributed by atoms with van der Waals surface area (Å²) in [4.78, 5) is 21.7. The van der Waals surface area contributed by atoms with Crippen molar-refractivity contribution < 1.29 is 4.79 Å². The second kappa shape index (κ2) is 7.99. The third-order valence-corrected chi connectivity index (χ3v) is 5.65. The predicted molar refractivity (Wildman–Crippen MR) is 109 cm³/mol. The Morgan fingerprint density at radius 3 is 2.59 bits per heavy atom. The first-order valence-corrected chi connectivity index (χ1v) is 10.0. The molecule has 1 saturated heterocycles. The Kier molecular flexibility index (Phi) is 5.28. The molecule has 0 unspecified atom stereocenters. The summed E-state index contributed by atoms with van der Waals surface area (Å²) in [6.45, 7) is 5.35. The van der Waals surface area contributed by atoms with Crippen molar-refractivity contribution >= 4 is 17.4 Å². The summed E-state index contributed by atoms with van der Waals surface area (Å²) in [6, 6.07) is 12.8. The van der Waals surface area contributed by atoms with Gasteiger partial charge in [-0.15, -0.1) is 0 Å². The molecule has 1 aromatic carbocycles. The summed E-state index contributed by atoms with van der Waals surface area (Å²) in [5.41, 5.74) is 3.24. The second-order valence-corrected chi connectivity index (χ2v) is 7.67. The molecule has 27 heavy (non-hydrogen) atoms. The van der Waals surface area contributed by atoms with Crippen molar-refractivity contribution in [2.75, 3.05) is 36.4 Å². The molecule has 2 aliphatic rings. The first-order valence-electron chi connectivity index (χ1n) is 10.0. The lowest BCUT2D eigenvalue weighted by Gasteiger charge is -2.36. The maximum absolute atomic E-state index is 12.9. The lowest BCUT2D eigenvalue weighted by Crippen LogP contribution is -2.48. The maximum Gasteiger partial charge on any atom is 0.254 e. The van der Waals surface area contributed by atoms with Crippen molar-refractivity contribution in [3.05, 3.63) is 53.7 Å². The molecule has 0 radical (unpaired) electrons. The number of carbonyl (C=O) groups is 1. The number of carbonyl (C=O) groups excluding carboxylic acids is 1. The number of aromatic nitrogens is 1. The number of amides is 1. The molecule has 1 aliphatic carbocycles. The topological polar surface area (TPSA) is 48.5 Å². The number of pyridine rings is 1. The van der Waals surface area contributed by atoms with Crippen LogP contribution in [0.4, 0.5) is 11.5 Å². The number of rotatable bonds is 4. The van der Waals surface area contributed by atoms with Gasteiger partial charge in [-0.1, -0.05) is 25.0 Å². The number of nitrogens with zero attached hydrogens (tertiary/aromatic N) is 3. The van der Waals surface area contributed by atoms with E-state index in [1.807, 2.05) is 17.0 Å². The van der Waals surface area contributed by atoms with Gasteiger partial charge in [0.1, 0.15) is 5.82 Å². The van der Waals surface area contributed by atoms with Crippen LogP contribution in [0.5, 0.6) is 0 Å². The molecule has 2 aromatic rings. The van der Waals surface area contributed by atoms with Gasteiger partial charge in [0.25, 0.3) is 5.91 Å². The van der Waals surface area contributed by atoms with E-state index in [1.54, 1.807) is 6.20 Å². The van der Waals surface area contributed by atoms with Crippen molar-refractivity contribution in [1.29, 1.82) is 0 Å². The number of nitrogens with one attached hydrogen (secondary N) is 1. The molecule has 0 bridgehead atoms. The van der Waals surface area contributed by atoms with Crippen LogP contribution in [0.25, 0.3) is 0 Å². The standard InChI is InChI=1S/C22H28N4O/c1-17-5-4-8-20(15-17)25-11-13-26(14-12-25)22(27)18-9-10-23-21(16-18)24-19-6-2-3-7-19/h4-5,8-10,15-16,19H,2-3,6-7,11-14H2,1H3,(H,23,24). The van der Waals surface area contributed by atoms with E-state index in [9.17, 15) is 4.79 Å². The summed E-state index contributed by atoms with van der Waals surface area (Å²) >= 11 is 0. The van der Waals surface area contributed by atoms with Crippen LogP contribution in [0.2, 0.25) is 0 Å². The Balaban J connectivity index is 1.37. The van der Waals surface area contributed by atoms with Gasteiger partial charge in [-0.2, -0.15) is 0 Å². The van der Waals surface area contributed by atoms with Crippen LogP contribution in [-0.4, -0.2) is 48.0 Å². The third-order valence-electron chi connectivity index (χ3n) is 5.65. The van der Waals surface area contributed by atoms with Gasteiger partial charge in [-0.05, 0) is 49.6 Å². The SMILES string of the molecule is Cc1cccc(N2CCN(C(=O)c3ccnc(NC4CCCC4)c3)CC2)c1. The van der Waals surface area contributed by atoms with Crippen LogP contribution in [0, 0.1) is 6.92 Å². The van der Waals surface area contributed by atoms with Crippen LogP contribution >= 0.6 is 0 Å². The molecule has 1 aromatic heterocycles. The molecule has 4 rings (SSSR count).